The van der Waals surface area contributed by atoms with Crippen molar-refractivity contribution in [2.24, 2.45) is 11.3 Å². The average Bonchev–Trinajstić information content (AvgIpc) is 3.03. The minimum Gasteiger partial charge on any atom is -0.353 e. The molecule has 2 unspecified atom stereocenters. The zero-order valence-corrected chi connectivity index (χ0v) is 14.7. The Morgan fingerprint density at radius 1 is 1.28 bits per heavy atom. The first-order valence-electron chi connectivity index (χ1n) is 9.04. The molecule has 0 radical (unpaired) electrons. The van der Waals surface area contributed by atoms with Gasteiger partial charge in [0.2, 0.25) is 5.91 Å². The Bertz CT molecular complexity index is 824. The van der Waals surface area contributed by atoms with Gasteiger partial charge in [0.15, 0.2) is 0 Å². The second kappa shape index (κ2) is 5.86. The topological polar surface area (TPSA) is 75.5 Å². The Balaban J connectivity index is 1.28. The number of aromatic nitrogens is 2. The van der Waals surface area contributed by atoms with E-state index < -0.39 is 0 Å². The summed E-state index contributed by atoms with van der Waals surface area (Å²) in [5, 5.41) is 10.3. The molecule has 2 amide bonds. The van der Waals surface area contributed by atoms with Gasteiger partial charge in [-0.1, -0.05) is 13.8 Å². The fraction of sp³-hybridized carbons (Fsp3) is 0.526. The van der Waals surface area contributed by atoms with Gasteiger partial charge < -0.3 is 10.6 Å². The SMILES string of the molecule is CCC1(C)CC1C(=O)NC1CC(NC(=O)c2cccn3nccc23)C1. The van der Waals surface area contributed by atoms with Crippen molar-refractivity contribution in [1.29, 1.82) is 0 Å². The van der Waals surface area contributed by atoms with E-state index in [4.69, 9.17) is 0 Å². The molecule has 25 heavy (non-hydrogen) atoms. The molecule has 2 saturated carbocycles. The fourth-order valence-corrected chi connectivity index (χ4v) is 3.77. The molecule has 0 aliphatic heterocycles. The molecule has 2 N–H and O–H groups in total. The summed E-state index contributed by atoms with van der Waals surface area (Å²) < 4.78 is 1.69. The number of hydrogen-bond acceptors (Lipinski definition) is 3. The van der Waals surface area contributed by atoms with Crippen LogP contribution in [0.2, 0.25) is 0 Å². The highest BCUT2D eigenvalue weighted by Crippen LogP contribution is 2.54. The maximum absolute atomic E-state index is 12.5. The molecule has 0 spiro atoms. The standard InChI is InChI=1S/C19H24N4O2/c1-3-19(2)11-15(19)18(25)22-13-9-12(10-13)21-17(24)14-5-4-8-23-16(14)6-7-20-23/h4-8,12-13,15H,3,9-11H2,1-2H3,(H,21,24)(H,22,25). The molecule has 2 heterocycles. The van der Waals surface area contributed by atoms with Crippen LogP contribution in [0.15, 0.2) is 30.6 Å². The molecule has 2 aliphatic rings. The van der Waals surface area contributed by atoms with Gasteiger partial charge in [0, 0.05) is 24.2 Å². The first kappa shape index (κ1) is 16.1. The molecular formula is C19H24N4O2. The maximum atomic E-state index is 12.5. The Morgan fingerprint density at radius 2 is 2.04 bits per heavy atom. The smallest absolute Gasteiger partial charge is 0.253 e. The molecule has 2 aromatic rings. The molecule has 0 aromatic carbocycles. The fourth-order valence-electron chi connectivity index (χ4n) is 3.77. The maximum Gasteiger partial charge on any atom is 0.253 e. The molecule has 2 atom stereocenters. The first-order valence-corrected chi connectivity index (χ1v) is 9.04. The largest absolute Gasteiger partial charge is 0.353 e. The number of rotatable bonds is 5. The lowest BCUT2D eigenvalue weighted by molar-refractivity contribution is -0.124. The molecule has 6 nitrogen and oxygen atoms in total. The number of carbonyl (C=O) groups is 2. The third-order valence-electron chi connectivity index (χ3n) is 5.98. The van der Waals surface area contributed by atoms with Crippen LogP contribution in [0, 0.1) is 11.3 Å². The second-order valence-electron chi connectivity index (χ2n) is 7.69. The van der Waals surface area contributed by atoms with Gasteiger partial charge >= 0.3 is 0 Å². The Kier molecular flexibility index (Phi) is 3.78. The van der Waals surface area contributed by atoms with E-state index in [0.29, 0.717) is 5.56 Å². The molecule has 6 heteroatoms. The third kappa shape index (κ3) is 2.90. The summed E-state index contributed by atoms with van der Waals surface area (Å²) in [7, 11) is 0. The number of carbonyl (C=O) groups excluding carboxylic acids is 2. The van der Waals surface area contributed by atoms with Crippen molar-refractivity contribution in [3.05, 3.63) is 36.2 Å². The average molecular weight is 340 g/mol. The Labute approximate surface area is 147 Å². The molecule has 132 valence electrons. The van der Waals surface area contributed by atoms with Crippen LogP contribution in [0.1, 0.15) is 49.9 Å². The monoisotopic (exact) mass is 340 g/mol. The van der Waals surface area contributed by atoms with Gasteiger partial charge in [0.1, 0.15) is 0 Å². The summed E-state index contributed by atoms with van der Waals surface area (Å²) in [5.41, 5.74) is 1.63. The van der Waals surface area contributed by atoms with Gasteiger partial charge in [-0.25, -0.2) is 4.52 Å². The number of fused-ring (bicyclic) bond motifs is 1. The van der Waals surface area contributed by atoms with Gasteiger partial charge in [-0.05, 0) is 49.3 Å². The van der Waals surface area contributed by atoms with Crippen LogP contribution in [-0.4, -0.2) is 33.5 Å². The molecule has 0 saturated heterocycles. The van der Waals surface area contributed by atoms with Gasteiger partial charge in [-0.2, -0.15) is 5.10 Å². The lowest BCUT2D eigenvalue weighted by atomic mass is 9.86. The quantitative estimate of drug-likeness (QED) is 0.876. The van der Waals surface area contributed by atoms with E-state index in [1.807, 2.05) is 24.4 Å². The summed E-state index contributed by atoms with van der Waals surface area (Å²) >= 11 is 0. The minimum absolute atomic E-state index is 0.0818. The minimum atomic E-state index is -0.0818. The van der Waals surface area contributed by atoms with Gasteiger partial charge in [-0.3, -0.25) is 9.59 Å². The van der Waals surface area contributed by atoms with E-state index in [1.54, 1.807) is 10.7 Å². The van der Waals surface area contributed by atoms with Gasteiger partial charge in [0.25, 0.3) is 5.91 Å². The number of nitrogens with one attached hydrogen (secondary N) is 2. The highest BCUT2D eigenvalue weighted by atomic mass is 16.2. The summed E-state index contributed by atoms with van der Waals surface area (Å²) in [5.74, 6) is 0.274. The van der Waals surface area contributed by atoms with E-state index in [9.17, 15) is 9.59 Å². The van der Waals surface area contributed by atoms with Crippen molar-refractivity contribution >= 4 is 17.3 Å². The van der Waals surface area contributed by atoms with Crippen molar-refractivity contribution in [3.63, 3.8) is 0 Å². The van der Waals surface area contributed by atoms with Crippen molar-refractivity contribution in [2.45, 2.75) is 51.6 Å². The predicted molar refractivity (Wildman–Crippen MR) is 94.1 cm³/mol. The van der Waals surface area contributed by atoms with Crippen LogP contribution in [0.3, 0.4) is 0 Å². The molecule has 2 aromatic heterocycles. The van der Waals surface area contributed by atoms with E-state index >= 15 is 0 Å². The number of pyridine rings is 1. The second-order valence-corrected chi connectivity index (χ2v) is 7.69. The highest BCUT2D eigenvalue weighted by molar-refractivity contribution is 6.00. The molecule has 0 bridgehead atoms. The van der Waals surface area contributed by atoms with Crippen LogP contribution >= 0.6 is 0 Å². The first-order chi connectivity index (χ1) is 12.0. The Hall–Kier alpha value is -2.37. The van der Waals surface area contributed by atoms with Gasteiger partial charge in [0.05, 0.1) is 17.3 Å². The van der Waals surface area contributed by atoms with E-state index in [-0.39, 0.29) is 35.2 Å². The summed E-state index contributed by atoms with van der Waals surface area (Å²) in [6, 6.07) is 5.77. The van der Waals surface area contributed by atoms with Crippen molar-refractivity contribution in [3.8, 4) is 0 Å². The summed E-state index contributed by atoms with van der Waals surface area (Å²) in [6.07, 6.45) is 7.16. The lowest BCUT2D eigenvalue weighted by Gasteiger charge is -2.36. The van der Waals surface area contributed by atoms with E-state index in [0.717, 1.165) is 31.2 Å². The molecule has 2 aliphatic carbocycles. The van der Waals surface area contributed by atoms with Crippen molar-refractivity contribution < 1.29 is 9.59 Å². The normalized spacial score (nSPS) is 30.6. The highest BCUT2D eigenvalue weighted by Gasteiger charge is 2.53. The zero-order chi connectivity index (χ0) is 17.6. The van der Waals surface area contributed by atoms with E-state index in [1.165, 1.54) is 0 Å². The van der Waals surface area contributed by atoms with Crippen LogP contribution in [0.4, 0.5) is 0 Å². The molecule has 4 rings (SSSR count). The number of nitrogens with zero attached hydrogens (tertiary/aromatic N) is 2. The summed E-state index contributed by atoms with van der Waals surface area (Å²) in [6.45, 7) is 4.32. The van der Waals surface area contributed by atoms with Crippen molar-refractivity contribution in [2.75, 3.05) is 0 Å². The van der Waals surface area contributed by atoms with Crippen LogP contribution in [0.5, 0.6) is 0 Å². The Morgan fingerprint density at radius 3 is 2.76 bits per heavy atom. The van der Waals surface area contributed by atoms with Gasteiger partial charge in [-0.15, -0.1) is 0 Å². The lowest BCUT2D eigenvalue weighted by Crippen LogP contribution is -2.54. The van der Waals surface area contributed by atoms with Crippen molar-refractivity contribution in [1.82, 2.24) is 20.2 Å². The summed E-state index contributed by atoms with van der Waals surface area (Å²) in [4.78, 5) is 24.7. The third-order valence-corrected chi connectivity index (χ3v) is 5.98. The zero-order valence-electron chi connectivity index (χ0n) is 14.7. The molecule has 2 fully saturated rings. The molecular weight excluding hydrogens is 316 g/mol. The number of amides is 2. The van der Waals surface area contributed by atoms with E-state index in [2.05, 4.69) is 29.6 Å². The van der Waals surface area contributed by atoms with Crippen LogP contribution in [-0.2, 0) is 4.79 Å². The predicted octanol–water partition coefficient (Wildman–Crippen LogP) is 2.15. The van der Waals surface area contributed by atoms with Crippen LogP contribution < -0.4 is 10.6 Å². The van der Waals surface area contributed by atoms with Crippen LogP contribution in [0.25, 0.3) is 5.52 Å². The number of hydrogen-bond donors (Lipinski definition) is 2.